The second kappa shape index (κ2) is 6.57. The van der Waals surface area contributed by atoms with E-state index in [1.165, 1.54) is 5.56 Å². The number of aromatic nitrogens is 1. The Morgan fingerprint density at radius 3 is 2.57 bits per heavy atom. The monoisotopic (exact) mass is 394 g/mol. The van der Waals surface area contributed by atoms with Gasteiger partial charge >= 0.3 is 0 Å². The van der Waals surface area contributed by atoms with Gasteiger partial charge in [0.05, 0.1) is 5.52 Å². The van der Waals surface area contributed by atoms with Crippen molar-refractivity contribution in [3.8, 4) is 5.75 Å². The molecular formula is C22H22N2O3S. The second-order valence-electron chi connectivity index (χ2n) is 7.63. The molecule has 144 valence electrons. The highest BCUT2D eigenvalue weighted by molar-refractivity contribution is 7.89. The maximum absolute atomic E-state index is 13.3. The van der Waals surface area contributed by atoms with E-state index in [4.69, 9.17) is 4.74 Å². The number of aryl methyl sites for hydroxylation is 1. The molecule has 1 spiro atoms. The summed E-state index contributed by atoms with van der Waals surface area (Å²) >= 11 is 0. The Morgan fingerprint density at radius 2 is 1.71 bits per heavy atom. The standard InChI is InChI=1S/C22H22N2O3S/c25-28(26,20-9-3-6-18-7-4-14-23-21(18)20)24-15-12-22(13-16-24)11-10-17-5-1-2-8-19(17)27-22/h1-9,14H,10-13,15-16H2. The van der Waals surface area contributed by atoms with Gasteiger partial charge in [-0.05, 0) is 36.6 Å². The molecule has 2 aliphatic heterocycles. The van der Waals surface area contributed by atoms with Crippen molar-refractivity contribution >= 4 is 20.9 Å². The van der Waals surface area contributed by atoms with E-state index in [9.17, 15) is 8.42 Å². The lowest BCUT2D eigenvalue weighted by molar-refractivity contribution is 0.00182. The van der Waals surface area contributed by atoms with Crippen molar-refractivity contribution in [1.29, 1.82) is 0 Å². The zero-order valence-electron chi connectivity index (χ0n) is 15.5. The summed E-state index contributed by atoms with van der Waals surface area (Å²) < 4.78 is 34.6. The van der Waals surface area contributed by atoms with Crippen LogP contribution in [-0.4, -0.2) is 36.4 Å². The van der Waals surface area contributed by atoms with E-state index in [0.717, 1.165) is 24.0 Å². The third-order valence-corrected chi connectivity index (χ3v) is 7.93. The molecule has 0 saturated carbocycles. The molecule has 0 amide bonds. The third kappa shape index (κ3) is 2.88. The summed E-state index contributed by atoms with van der Waals surface area (Å²) in [5.74, 6) is 0.948. The van der Waals surface area contributed by atoms with Gasteiger partial charge in [0.1, 0.15) is 16.2 Å². The van der Waals surface area contributed by atoms with Crippen molar-refractivity contribution in [1.82, 2.24) is 9.29 Å². The van der Waals surface area contributed by atoms with Crippen LogP contribution in [0, 0.1) is 0 Å². The quantitative estimate of drug-likeness (QED) is 0.664. The number of para-hydroxylation sites is 2. The van der Waals surface area contributed by atoms with Crippen molar-refractivity contribution in [3.05, 3.63) is 66.4 Å². The third-order valence-electron chi connectivity index (χ3n) is 6.00. The smallest absolute Gasteiger partial charge is 0.245 e. The van der Waals surface area contributed by atoms with Gasteiger partial charge in [0, 0.05) is 37.5 Å². The van der Waals surface area contributed by atoms with Gasteiger partial charge in [-0.1, -0.05) is 36.4 Å². The highest BCUT2D eigenvalue weighted by atomic mass is 32.2. The first kappa shape index (κ1) is 17.6. The van der Waals surface area contributed by atoms with Crippen LogP contribution in [0.25, 0.3) is 10.9 Å². The average molecular weight is 394 g/mol. The minimum absolute atomic E-state index is 0.253. The molecule has 3 aromatic rings. The number of nitrogens with zero attached hydrogens (tertiary/aromatic N) is 2. The SMILES string of the molecule is O=S(=O)(c1cccc2cccnc12)N1CCC2(CCc3ccccc3O2)CC1. The van der Waals surface area contributed by atoms with Gasteiger partial charge in [-0.3, -0.25) is 4.98 Å². The Morgan fingerprint density at radius 1 is 0.929 bits per heavy atom. The van der Waals surface area contributed by atoms with Gasteiger partial charge < -0.3 is 4.74 Å². The molecule has 1 saturated heterocycles. The molecule has 5 rings (SSSR count). The largest absolute Gasteiger partial charge is 0.487 e. The van der Waals surface area contributed by atoms with Crippen LogP contribution in [0.5, 0.6) is 5.75 Å². The lowest BCUT2D eigenvalue weighted by Crippen LogP contribution is -2.51. The summed E-state index contributed by atoms with van der Waals surface area (Å²) in [6, 6.07) is 17.2. The molecule has 3 heterocycles. The fourth-order valence-electron chi connectivity index (χ4n) is 4.37. The van der Waals surface area contributed by atoms with Crippen LogP contribution >= 0.6 is 0 Å². The summed E-state index contributed by atoms with van der Waals surface area (Å²) in [4.78, 5) is 4.61. The van der Waals surface area contributed by atoms with Crippen molar-refractivity contribution in [2.24, 2.45) is 0 Å². The number of pyridine rings is 1. The highest BCUT2D eigenvalue weighted by Gasteiger charge is 2.42. The fraction of sp³-hybridized carbons (Fsp3) is 0.318. The van der Waals surface area contributed by atoms with Gasteiger partial charge in [0.25, 0.3) is 0 Å². The van der Waals surface area contributed by atoms with Crippen LogP contribution in [-0.2, 0) is 16.4 Å². The first-order chi connectivity index (χ1) is 13.6. The molecule has 6 heteroatoms. The first-order valence-corrected chi connectivity index (χ1v) is 11.1. The summed E-state index contributed by atoms with van der Waals surface area (Å²) in [6.45, 7) is 0.932. The molecule has 0 bridgehead atoms. The van der Waals surface area contributed by atoms with E-state index in [2.05, 4.69) is 11.1 Å². The van der Waals surface area contributed by atoms with E-state index >= 15 is 0 Å². The molecule has 2 aliphatic rings. The van der Waals surface area contributed by atoms with Gasteiger partial charge in [-0.25, -0.2) is 8.42 Å². The molecule has 0 N–H and O–H groups in total. The van der Waals surface area contributed by atoms with Gasteiger partial charge in [-0.2, -0.15) is 4.31 Å². The first-order valence-electron chi connectivity index (χ1n) is 9.68. The molecule has 28 heavy (non-hydrogen) atoms. The van der Waals surface area contributed by atoms with Crippen LogP contribution in [0.15, 0.2) is 65.7 Å². The summed E-state index contributed by atoms with van der Waals surface area (Å²) in [6.07, 6.45) is 4.97. The van der Waals surface area contributed by atoms with E-state index in [1.807, 2.05) is 36.4 Å². The lowest BCUT2D eigenvalue weighted by Gasteiger charge is -2.44. The van der Waals surface area contributed by atoms with Crippen LogP contribution in [0.2, 0.25) is 0 Å². The molecule has 0 unspecified atom stereocenters. The number of rotatable bonds is 2. The van der Waals surface area contributed by atoms with Gasteiger partial charge in [0.2, 0.25) is 10.0 Å². The maximum atomic E-state index is 13.3. The lowest BCUT2D eigenvalue weighted by atomic mass is 9.84. The number of ether oxygens (including phenoxy) is 1. The predicted molar refractivity (Wildman–Crippen MR) is 108 cm³/mol. The van der Waals surface area contributed by atoms with Crippen molar-refractivity contribution in [3.63, 3.8) is 0 Å². The van der Waals surface area contributed by atoms with Crippen molar-refractivity contribution in [2.45, 2.75) is 36.2 Å². The Balaban J connectivity index is 1.39. The van der Waals surface area contributed by atoms with E-state index in [1.54, 1.807) is 22.6 Å². The minimum atomic E-state index is -3.59. The second-order valence-corrected chi connectivity index (χ2v) is 9.53. The molecular weight excluding hydrogens is 372 g/mol. The highest BCUT2D eigenvalue weighted by Crippen LogP contribution is 2.40. The predicted octanol–water partition coefficient (Wildman–Crippen LogP) is 3.78. The summed E-state index contributed by atoms with van der Waals surface area (Å²) in [5.41, 5.74) is 1.52. The zero-order chi connectivity index (χ0) is 19.2. The average Bonchev–Trinajstić information content (AvgIpc) is 2.73. The summed E-state index contributed by atoms with van der Waals surface area (Å²) in [5, 5.41) is 0.837. The fourth-order valence-corrected chi connectivity index (χ4v) is 5.97. The van der Waals surface area contributed by atoms with Gasteiger partial charge in [0.15, 0.2) is 0 Å². The molecule has 0 atom stereocenters. The molecule has 5 nitrogen and oxygen atoms in total. The van der Waals surface area contributed by atoms with Crippen LogP contribution in [0.4, 0.5) is 0 Å². The molecule has 0 radical (unpaired) electrons. The Labute approximate surface area is 165 Å². The van der Waals surface area contributed by atoms with Crippen molar-refractivity contribution < 1.29 is 13.2 Å². The van der Waals surface area contributed by atoms with Crippen molar-refractivity contribution in [2.75, 3.05) is 13.1 Å². The van der Waals surface area contributed by atoms with E-state index < -0.39 is 10.0 Å². The van der Waals surface area contributed by atoms with E-state index in [0.29, 0.717) is 31.4 Å². The number of hydrogen-bond acceptors (Lipinski definition) is 4. The number of hydrogen-bond donors (Lipinski definition) is 0. The van der Waals surface area contributed by atoms with Gasteiger partial charge in [-0.15, -0.1) is 0 Å². The summed E-state index contributed by atoms with van der Waals surface area (Å²) in [7, 11) is -3.59. The Bertz CT molecular complexity index is 1130. The van der Waals surface area contributed by atoms with Crippen LogP contribution < -0.4 is 4.74 Å². The normalized spacial score (nSPS) is 19.3. The topological polar surface area (TPSA) is 59.5 Å². The zero-order valence-corrected chi connectivity index (χ0v) is 16.4. The number of piperidine rings is 1. The van der Waals surface area contributed by atoms with E-state index in [-0.39, 0.29) is 10.5 Å². The van der Waals surface area contributed by atoms with Crippen LogP contribution in [0.1, 0.15) is 24.8 Å². The number of sulfonamides is 1. The number of benzene rings is 2. The van der Waals surface area contributed by atoms with Crippen LogP contribution in [0.3, 0.4) is 0 Å². The minimum Gasteiger partial charge on any atom is -0.487 e. The number of fused-ring (bicyclic) bond motifs is 2. The molecule has 1 fully saturated rings. The molecule has 1 aromatic heterocycles. The maximum Gasteiger partial charge on any atom is 0.245 e. The molecule has 0 aliphatic carbocycles. The Kier molecular flexibility index (Phi) is 4.14. The Hall–Kier alpha value is -2.44. The molecule has 2 aromatic carbocycles.